The Kier molecular flexibility index (Phi) is 7.09. The van der Waals surface area contributed by atoms with E-state index in [1.165, 1.54) is 5.56 Å². The van der Waals surface area contributed by atoms with Crippen LogP contribution in [0.3, 0.4) is 0 Å². The van der Waals surface area contributed by atoms with Gasteiger partial charge in [0.2, 0.25) is 15.9 Å². The normalized spacial score (nSPS) is 16.3. The van der Waals surface area contributed by atoms with Crippen LogP contribution < -0.4 is 5.32 Å². The Morgan fingerprint density at radius 2 is 1.62 bits per heavy atom. The van der Waals surface area contributed by atoms with E-state index in [9.17, 15) is 13.2 Å². The fourth-order valence-corrected chi connectivity index (χ4v) is 5.20. The van der Waals surface area contributed by atoms with Gasteiger partial charge in [-0.3, -0.25) is 4.79 Å². The highest BCUT2D eigenvalue weighted by Crippen LogP contribution is 2.21. The molecule has 5 nitrogen and oxygen atoms in total. The van der Waals surface area contributed by atoms with E-state index in [-0.39, 0.29) is 18.4 Å². The molecule has 2 aromatic rings. The van der Waals surface area contributed by atoms with E-state index in [4.69, 9.17) is 0 Å². The van der Waals surface area contributed by atoms with Crippen molar-refractivity contribution >= 4 is 15.9 Å². The van der Waals surface area contributed by atoms with Crippen LogP contribution in [0.25, 0.3) is 0 Å². The molecule has 0 bridgehead atoms. The van der Waals surface area contributed by atoms with Gasteiger partial charge in [0.15, 0.2) is 0 Å². The Morgan fingerprint density at radius 1 is 1.00 bits per heavy atom. The fraction of sp³-hybridized carbons (Fsp3) is 0.435. The summed E-state index contributed by atoms with van der Waals surface area (Å²) in [6.07, 6.45) is 3.95. The van der Waals surface area contributed by atoms with E-state index in [1.807, 2.05) is 38.1 Å². The van der Waals surface area contributed by atoms with E-state index in [0.29, 0.717) is 18.0 Å². The van der Waals surface area contributed by atoms with Crippen LogP contribution in [-0.4, -0.2) is 31.7 Å². The van der Waals surface area contributed by atoms with E-state index in [1.54, 1.807) is 28.6 Å². The first-order valence-electron chi connectivity index (χ1n) is 10.3. The molecule has 0 spiro atoms. The maximum Gasteiger partial charge on any atom is 0.243 e. The van der Waals surface area contributed by atoms with Crippen LogP contribution in [0.5, 0.6) is 0 Å². The summed E-state index contributed by atoms with van der Waals surface area (Å²) in [7, 11) is -3.44. The molecule has 0 aromatic heterocycles. The predicted molar refractivity (Wildman–Crippen MR) is 115 cm³/mol. The minimum absolute atomic E-state index is 0.0261. The highest BCUT2D eigenvalue weighted by Gasteiger charge is 2.25. The highest BCUT2D eigenvalue weighted by molar-refractivity contribution is 7.89. The van der Waals surface area contributed by atoms with Crippen LogP contribution in [0.4, 0.5) is 0 Å². The Labute approximate surface area is 174 Å². The number of amides is 1. The largest absolute Gasteiger partial charge is 0.349 e. The number of benzene rings is 2. The number of nitrogens with one attached hydrogen (secondary N) is 1. The first-order chi connectivity index (χ1) is 13.9. The molecule has 1 saturated heterocycles. The van der Waals surface area contributed by atoms with Crippen molar-refractivity contribution in [1.82, 2.24) is 9.62 Å². The molecule has 3 rings (SSSR count). The van der Waals surface area contributed by atoms with Crippen LogP contribution in [-0.2, 0) is 21.2 Å². The summed E-state index contributed by atoms with van der Waals surface area (Å²) in [5.41, 5.74) is 3.09. The van der Waals surface area contributed by atoms with Crippen molar-refractivity contribution in [1.29, 1.82) is 0 Å². The van der Waals surface area contributed by atoms with Crippen LogP contribution in [0.1, 0.15) is 55.3 Å². The monoisotopic (exact) mass is 414 g/mol. The molecule has 0 radical (unpaired) electrons. The zero-order valence-corrected chi connectivity index (χ0v) is 18.0. The molecule has 156 valence electrons. The van der Waals surface area contributed by atoms with Gasteiger partial charge >= 0.3 is 0 Å². The molecule has 1 atom stereocenters. The molecule has 0 saturated carbocycles. The third-order valence-corrected chi connectivity index (χ3v) is 7.38. The Morgan fingerprint density at radius 3 is 2.21 bits per heavy atom. The number of aryl methyl sites for hydroxylation is 1. The van der Waals surface area contributed by atoms with Gasteiger partial charge in [0.25, 0.3) is 0 Å². The van der Waals surface area contributed by atoms with Gasteiger partial charge in [-0.1, -0.05) is 55.3 Å². The number of sulfonamides is 1. The number of rotatable bonds is 7. The van der Waals surface area contributed by atoms with Crippen molar-refractivity contribution in [2.75, 3.05) is 13.1 Å². The SMILES string of the molecule is CCC(NC(=O)Cc1ccc(S(=O)(=O)N2CCCCC2)cc1)c1ccc(C)cc1. The first kappa shape index (κ1) is 21.5. The zero-order valence-electron chi connectivity index (χ0n) is 17.2. The van der Waals surface area contributed by atoms with Gasteiger partial charge in [0, 0.05) is 13.1 Å². The van der Waals surface area contributed by atoms with Gasteiger partial charge in [-0.2, -0.15) is 4.31 Å². The number of carbonyl (C=O) groups excluding carboxylic acids is 1. The lowest BCUT2D eigenvalue weighted by Gasteiger charge is -2.25. The molecular formula is C23H30N2O3S. The van der Waals surface area contributed by atoms with Gasteiger partial charge in [0.1, 0.15) is 0 Å². The quantitative estimate of drug-likeness (QED) is 0.745. The van der Waals surface area contributed by atoms with Crippen molar-refractivity contribution in [3.05, 3.63) is 65.2 Å². The van der Waals surface area contributed by atoms with Gasteiger partial charge in [0.05, 0.1) is 17.4 Å². The summed E-state index contributed by atoms with van der Waals surface area (Å²) >= 11 is 0. The molecule has 1 unspecified atom stereocenters. The Bertz CT molecular complexity index is 916. The molecule has 2 aromatic carbocycles. The smallest absolute Gasteiger partial charge is 0.243 e. The van der Waals surface area contributed by atoms with Crippen molar-refractivity contribution < 1.29 is 13.2 Å². The summed E-state index contributed by atoms with van der Waals surface area (Å²) in [6, 6.07) is 14.9. The average molecular weight is 415 g/mol. The summed E-state index contributed by atoms with van der Waals surface area (Å²) in [6.45, 7) is 5.26. The lowest BCUT2D eigenvalue weighted by molar-refractivity contribution is -0.121. The molecule has 29 heavy (non-hydrogen) atoms. The second-order valence-electron chi connectivity index (χ2n) is 7.72. The minimum Gasteiger partial charge on any atom is -0.349 e. The van der Waals surface area contributed by atoms with Crippen LogP contribution in [0.15, 0.2) is 53.4 Å². The van der Waals surface area contributed by atoms with E-state index in [2.05, 4.69) is 5.32 Å². The van der Waals surface area contributed by atoms with Crippen molar-refractivity contribution in [2.45, 2.75) is 56.9 Å². The van der Waals surface area contributed by atoms with E-state index < -0.39 is 10.0 Å². The molecular weight excluding hydrogens is 384 g/mol. The van der Waals surface area contributed by atoms with Crippen molar-refractivity contribution in [3.63, 3.8) is 0 Å². The van der Waals surface area contributed by atoms with Crippen molar-refractivity contribution in [3.8, 4) is 0 Å². The Hall–Kier alpha value is -2.18. The maximum absolute atomic E-state index is 12.7. The fourth-order valence-electron chi connectivity index (χ4n) is 3.68. The summed E-state index contributed by atoms with van der Waals surface area (Å²) in [5.74, 6) is -0.0657. The summed E-state index contributed by atoms with van der Waals surface area (Å²) in [5, 5.41) is 3.08. The molecule has 1 aliphatic heterocycles. The lowest BCUT2D eigenvalue weighted by Crippen LogP contribution is -2.35. The van der Waals surface area contributed by atoms with Crippen LogP contribution in [0.2, 0.25) is 0 Å². The van der Waals surface area contributed by atoms with Crippen LogP contribution >= 0.6 is 0 Å². The molecule has 6 heteroatoms. The molecule has 0 aliphatic carbocycles. The zero-order chi connectivity index (χ0) is 20.9. The standard InChI is InChI=1S/C23H30N2O3S/c1-3-22(20-11-7-18(2)8-12-20)24-23(26)17-19-9-13-21(14-10-19)29(27,28)25-15-5-4-6-16-25/h7-14,22H,3-6,15-17H2,1-2H3,(H,24,26). The molecule has 1 aliphatic rings. The van der Waals surface area contributed by atoms with E-state index >= 15 is 0 Å². The molecule has 1 heterocycles. The predicted octanol–water partition coefficient (Wildman–Crippen LogP) is 3.98. The second-order valence-corrected chi connectivity index (χ2v) is 9.66. The van der Waals surface area contributed by atoms with Gasteiger partial charge < -0.3 is 5.32 Å². The van der Waals surface area contributed by atoms with E-state index in [0.717, 1.165) is 36.8 Å². The van der Waals surface area contributed by atoms with Gasteiger partial charge in [-0.15, -0.1) is 0 Å². The minimum atomic E-state index is -3.44. The highest BCUT2D eigenvalue weighted by atomic mass is 32.2. The summed E-state index contributed by atoms with van der Waals surface area (Å²) in [4.78, 5) is 12.8. The number of hydrogen-bond donors (Lipinski definition) is 1. The molecule has 1 fully saturated rings. The third kappa shape index (κ3) is 5.46. The third-order valence-electron chi connectivity index (χ3n) is 5.46. The van der Waals surface area contributed by atoms with Gasteiger partial charge in [-0.05, 0) is 49.4 Å². The number of nitrogens with zero attached hydrogens (tertiary/aromatic N) is 1. The van der Waals surface area contributed by atoms with Crippen LogP contribution in [0, 0.1) is 6.92 Å². The number of piperidine rings is 1. The topological polar surface area (TPSA) is 66.5 Å². The second kappa shape index (κ2) is 9.55. The number of carbonyl (C=O) groups is 1. The van der Waals surface area contributed by atoms with Crippen molar-refractivity contribution in [2.24, 2.45) is 0 Å². The lowest BCUT2D eigenvalue weighted by atomic mass is 10.0. The molecule has 1 amide bonds. The first-order valence-corrected chi connectivity index (χ1v) is 11.8. The summed E-state index contributed by atoms with van der Waals surface area (Å²) < 4.78 is 27.0. The average Bonchev–Trinajstić information content (AvgIpc) is 2.74. The maximum atomic E-state index is 12.7. The Balaban J connectivity index is 1.62. The van der Waals surface area contributed by atoms with Gasteiger partial charge in [-0.25, -0.2) is 8.42 Å². The molecule has 1 N–H and O–H groups in total. The number of hydrogen-bond acceptors (Lipinski definition) is 3.